The van der Waals surface area contributed by atoms with E-state index in [-0.39, 0.29) is 0 Å². The second-order valence-electron chi connectivity index (χ2n) is 3.40. The van der Waals surface area contributed by atoms with Gasteiger partial charge in [0.2, 0.25) is 0 Å². The smallest absolute Gasteiger partial charge is 0.0242 e. The third-order valence-electron chi connectivity index (χ3n) is 2.74. The van der Waals surface area contributed by atoms with Crippen molar-refractivity contribution in [2.45, 2.75) is 45.1 Å². The normalized spacial score (nSPS) is 24.6. The molecule has 0 saturated heterocycles. The molecule has 10 heavy (non-hydrogen) atoms. The largest absolute Gasteiger partial charge is 0.242 e. The average Bonchev–Trinajstić information content (AvgIpc) is 2.05. The monoisotopic (exact) mass is 140 g/mol. The van der Waals surface area contributed by atoms with Crippen LogP contribution in [0.5, 0.6) is 0 Å². The van der Waals surface area contributed by atoms with Crippen LogP contribution >= 0.6 is 0 Å². The van der Waals surface area contributed by atoms with Gasteiger partial charge in [0, 0.05) is 13.1 Å². The highest BCUT2D eigenvalue weighted by Crippen LogP contribution is 2.26. The predicted molar refractivity (Wildman–Crippen MR) is 44.1 cm³/mol. The molecular formula is C9H18N. The van der Waals surface area contributed by atoms with E-state index < -0.39 is 0 Å². The topological polar surface area (TPSA) is 14.1 Å². The maximum Gasteiger partial charge on any atom is 0.0242 e. The second-order valence-corrected chi connectivity index (χ2v) is 3.40. The predicted octanol–water partition coefficient (Wildman–Crippen LogP) is 2.19. The van der Waals surface area contributed by atoms with Crippen molar-refractivity contribution in [1.82, 2.24) is 5.32 Å². The number of nitrogens with zero attached hydrogens (tertiary/aromatic N) is 1. The molecule has 0 heterocycles. The van der Waals surface area contributed by atoms with Crippen molar-refractivity contribution in [3.05, 3.63) is 0 Å². The molecule has 1 saturated carbocycles. The number of hydrogen-bond acceptors (Lipinski definition) is 0. The summed E-state index contributed by atoms with van der Waals surface area (Å²) in [6.07, 6.45) is 7.15. The Hall–Kier alpha value is -0.0400. The van der Waals surface area contributed by atoms with Crippen LogP contribution in [-0.2, 0) is 0 Å². The van der Waals surface area contributed by atoms with E-state index in [0.29, 0.717) is 6.04 Å². The van der Waals surface area contributed by atoms with Gasteiger partial charge >= 0.3 is 0 Å². The van der Waals surface area contributed by atoms with Gasteiger partial charge in [0.25, 0.3) is 0 Å². The lowest BCUT2D eigenvalue weighted by molar-refractivity contribution is 0.289. The molecule has 0 spiro atoms. The Balaban J connectivity index is 2.24. The van der Waals surface area contributed by atoms with E-state index in [1.807, 2.05) is 7.05 Å². The van der Waals surface area contributed by atoms with Gasteiger partial charge in [0.1, 0.15) is 0 Å². The van der Waals surface area contributed by atoms with Crippen molar-refractivity contribution in [1.29, 1.82) is 0 Å². The van der Waals surface area contributed by atoms with E-state index in [1.54, 1.807) is 0 Å². The summed E-state index contributed by atoms with van der Waals surface area (Å²) in [5.41, 5.74) is 0. The molecule has 1 aliphatic rings. The van der Waals surface area contributed by atoms with Crippen molar-refractivity contribution < 1.29 is 0 Å². The summed E-state index contributed by atoms with van der Waals surface area (Å²) in [7, 11) is 1.94. The fourth-order valence-electron chi connectivity index (χ4n) is 1.83. The Morgan fingerprint density at radius 2 is 1.80 bits per heavy atom. The van der Waals surface area contributed by atoms with Gasteiger partial charge in [0.15, 0.2) is 0 Å². The van der Waals surface area contributed by atoms with E-state index in [4.69, 9.17) is 0 Å². The van der Waals surface area contributed by atoms with Crippen molar-refractivity contribution >= 4 is 0 Å². The standard InChI is InChI=1S/C9H18N/c1-8(10-2)9-6-4-3-5-7-9/h8-9H,3-7H2,1-2H3. The van der Waals surface area contributed by atoms with Gasteiger partial charge in [-0.3, -0.25) is 0 Å². The molecule has 59 valence electrons. The molecule has 0 aromatic rings. The molecule has 0 bridgehead atoms. The molecule has 0 N–H and O–H groups in total. The van der Waals surface area contributed by atoms with Crippen LogP contribution in [-0.4, -0.2) is 13.1 Å². The summed E-state index contributed by atoms with van der Waals surface area (Å²) < 4.78 is 0. The van der Waals surface area contributed by atoms with Crippen molar-refractivity contribution in [2.75, 3.05) is 7.05 Å². The second kappa shape index (κ2) is 3.97. The Labute approximate surface area is 64.2 Å². The molecule has 1 rings (SSSR count). The number of rotatable bonds is 2. The van der Waals surface area contributed by atoms with E-state index in [0.717, 1.165) is 5.92 Å². The van der Waals surface area contributed by atoms with Gasteiger partial charge in [-0.25, -0.2) is 5.32 Å². The lowest BCUT2D eigenvalue weighted by Gasteiger charge is -2.26. The van der Waals surface area contributed by atoms with Crippen LogP contribution in [0.25, 0.3) is 0 Å². The Morgan fingerprint density at radius 3 is 2.30 bits per heavy atom. The van der Waals surface area contributed by atoms with E-state index >= 15 is 0 Å². The van der Waals surface area contributed by atoms with Gasteiger partial charge in [-0.05, 0) is 25.7 Å². The van der Waals surface area contributed by atoms with Crippen LogP contribution in [0, 0.1) is 5.92 Å². The summed E-state index contributed by atoms with van der Waals surface area (Å²) in [5, 5.41) is 4.31. The third kappa shape index (κ3) is 1.98. The summed E-state index contributed by atoms with van der Waals surface area (Å²) >= 11 is 0. The van der Waals surface area contributed by atoms with Crippen LogP contribution < -0.4 is 5.32 Å². The third-order valence-corrected chi connectivity index (χ3v) is 2.74. The minimum atomic E-state index is 0.611. The summed E-state index contributed by atoms with van der Waals surface area (Å²) in [5.74, 6) is 0.902. The zero-order valence-corrected chi connectivity index (χ0v) is 7.14. The fraction of sp³-hybridized carbons (Fsp3) is 1.00. The first-order valence-electron chi connectivity index (χ1n) is 4.43. The molecule has 0 aromatic heterocycles. The molecule has 0 aliphatic heterocycles. The molecule has 1 aliphatic carbocycles. The molecule has 1 radical (unpaired) electrons. The lowest BCUT2D eigenvalue weighted by atomic mass is 9.85. The molecule has 1 unspecified atom stereocenters. The minimum Gasteiger partial charge on any atom is -0.242 e. The quantitative estimate of drug-likeness (QED) is 0.558. The highest BCUT2D eigenvalue weighted by molar-refractivity contribution is 4.73. The van der Waals surface area contributed by atoms with Crippen LogP contribution in [0.15, 0.2) is 0 Å². The van der Waals surface area contributed by atoms with E-state index in [9.17, 15) is 0 Å². The SMILES string of the molecule is C[N]C(C)C1CCCCC1. The molecular weight excluding hydrogens is 122 g/mol. The van der Waals surface area contributed by atoms with Gasteiger partial charge < -0.3 is 0 Å². The highest BCUT2D eigenvalue weighted by Gasteiger charge is 2.18. The molecule has 0 aromatic carbocycles. The van der Waals surface area contributed by atoms with Crippen molar-refractivity contribution in [2.24, 2.45) is 5.92 Å². The van der Waals surface area contributed by atoms with Crippen molar-refractivity contribution in [3.63, 3.8) is 0 Å². The molecule has 1 nitrogen and oxygen atoms in total. The van der Waals surface area contributed by atoms with Crippen LogP contribution in [0.2, 0.25) is 0 Å². The van der Waals surface area contributed by atoms with E-state index in [1.165, 1.54) is 32.1 Å². The van der Waals surface area contributed by atoms with Gasteiger partial charge in [0.05, 0.1) is 0 Å². The van der Waals surface area contributed by atoms with Gasteiger partial charge in [-0.15, -0.1) is 0 Å². The maximum absolute atomic E-state index is 4.31. The Kier molecular flexibility index (Phi) is 3.20. The summed E-state index contributed by atoms with van der Waals surface area (Å²) in [4.78, 5) is 0. The van der Waals surface area contributed by atoms with Gasteiger partial charge in [-0.2, -0.15) is 0 Å². The van der Waals surface area contributed by atoms with Crippen LogP contribution in [0.3, 0.4) is 0 Å². The zero-order chi connectivity index (χ0) is 7.40. The first kappa shape index (κ1) is 8.06. The molecule has 1 fully saturated rings. The van der Waals surface area contributed by atoms with Crippen molar-refractivity contribution in [3.8, 4) is 0 Å². The zero-order valence-electron chi connectivity index (χ0n) is 7.14. The maximum atomic E-state index is 4.31. The Morgan fingerprint density at radius 1 is 1.20 bits per heavy atom. The average molecular weight is 140 g/mol. The first-order chi connectivity index (χ1) is 4.84. The van der Waals surface area contributed by atoms with Crippen LogP contribution in [0.4, 0.5) is 0 Å². The molecule has 0 amide bonds. The van der Waals surface area contributed by atoms with E-state index in [2.05, 4.69) is 12.2 Å². The first-order valence-corrected chi connectivity index (χ1v) is 4.43. The lowest BCUT2D eigenvalue weighted by Crippen LogP contribution is -2.26. The van der Waals surface area contributed by atoms with Crippen LogP contribution in [0.1, 0.15) is 39.0 Å². The highest BCUT2D eigenvalue weighted by atomic mass is 14.9. The fourth-order valence-corrected chi connectivity index (χ4v) is 1.83. The molecule has 1 atom stereocenters. The number of hydrogen-bond donors (Lipinski definition) is 0. The summed E-state index contributed by atoms with van der Waals surface area (Å²) in [6, 6.07) is 0.611. The summed E-state index contributed by atoms with van der Waals surface area (Å²) in [6.45, 7) is 2.25. The minimum absolute atomic E-state index is 0.611. The molecule has 1 heteroatoms. The van der Waals surface area contributed by atoms with Gasteiger partial charge in [-0.1, -0.05) is 19.3 Å². The Bertz CT molecular complexity index is 84.7.